The van der Waals surface area contributed by atoms with Crippen LogP contribution < -0.4 is 5.56 Å². The number of nitriles is 1. The average Bonchev–Trinajstić information content (AvgIpc) is 2.30. The van der Waals surface area contributed by atoms with Crippen LogP contribution >= 0.6 is 0 Å². The Morgan fingerprint density at radius 2 is 2.27 bits per heavy atom. The van der Waals surface area contributed by atoms with E-state index in [0.29, 0.717) is 19.0 Å². The minimum atomic E-state index is -0.353. The largest absolute Gasteiger partial charge is 0.381 e. The molecule has 0 spiro atoms. The van der Waals surface area contributed by atoms with Crippen molar-refractivity contribution in [1.82, 2.24) is 9.97 Å². The molecule has 1 fully saturated rings. The van der Waals surface area contributed by atoms with Crippen LogP contribution in [-0.2, 0) is 4.74 Å². The van der Waals surface area contributed by atoms with E-state index in [4.69, 9.17) is 10.00 Å². The molecule has 5 heteroatoms. The van der Waals surface area contributed by atoms with Crippen LogP contribution in [0.1, 0.15) is 30.1 Å². The van der Waals surface area contributed by atoms with Crippen LogP contribution in [-0.4, -0.2) is 23.2 Å². The highest BCUT2D eigenvalue weighted by Gasteiger charge is 2.18. The van der Waals surface area contributed by atoms with Crippen molar-refractivity contribution in [1.29, 1.82) is 5.26 Å². The molecule has 78 valence electrons. The van der Waals surface area contributed by atoms with Crippen molar-refractivity contribution >= 4 is 0 Å². The van der Waals surface area contributed by atoms with Gasteiger partial charge in [-0.1, -0.05) is 0 Å². The zero-order valence-corrected chi connectivity index (χ0v) is 8.19. The van der Waals surface area contributed by atoms with Crippen LogP contribution in [0.2, 0.25) is 0 Å². The Kier molecular flexibility index (Phi) is 2.79. The van der Waals surface area contributed by atoms with E-state index in [-0.39, 0.29) is 17.0 Å². The summed E-state index contributed by atoms with van der Waals surface area (Å²) in [4.78, 5) is 18.1. The van der Waals surface area contributed by atoms with Crippen molar-refractivity contribution in [2.24, 2.45) is 0 Å². The Labute approximate surface area is 86.7 Å². The molecule has 1 aromatic rings. The van der Waals surface area contributed by atoms with Gasteiger partial charge < -0.3 is 9.72 Å². The SMILES string of the molecule is N#Cc1cnc(C2CCOCC2)[nH]c1=O. The van der Waals surface area contributed by atoms with Gasteiger partial charge in [-0.25, -0.2) is 4.98 Å². The third kappa shape index (κ3) is 2.05. The molecule has 1 N–H and O–H groups in total. The summed E-state index contributed by atoms with van der Waals surface area (Å²) in [5.41, 5.74) is -0.292. The van der Waals surface area contributed by atoms with Gasteiger partial charge in [-0.3, -0.25) is 4.79 Å². The lowest BCUT2D eigenvalue weighted by Gasteiger charge is -2.20. The molecule has 0 aliphatic carbocycles. The number of aromatic amines is 1. The summed E-state index contributed by atoms with van der Waals surface area (Å²) in [6.07, 6.45) is 3.08. The van der Waals surface area contributed by atoms with Crippen LogP contribution in [0, 0.1) is 11.3 Å². The van der Waals surface area contributed by atoms with Crippen LogP contribution in [0.4, 0.5) is 0 Å². The van der Waals surface area contributed by atoms with Crippen LogP contribution in [0.25, 0.3) is 0 Å². The predicted octanol–water partition coefficient (Wildman–Crippen LogP) is 0.536. The van der Waals surface area contributed by atoms with E-state index in [2.05, 4.69) is 9.97 Å². The fraction of sp³-hybridized carbons (Fsp3) is 0.500. The van der Waals surface area contributed by atoms with Crippen LogP contribution in [0.3, 0.4) is 0 Å². The maximum atomic E-state index is 11.4. The Morgan fingerprint density at radius 3 is 2.87 bits per heavy atom. The molecule has 15 heavy (non-hydrogen) atoms. The van der Waals surface area contributed by atoms with Crippen molar-refractivity contribution in [2.75, 3.05) is 13.2 Å². The van der Waals surface area contributed by atoms with Gasteiger partial charge in [0.2, 0.25) is 0 Å². The molecule has 1 aromatic heterocycles. The minimum Gasteiger partial charge on any atom is -0.381 e. The first-order valence-electron chi connectivity index (χ1n) is 4.88. The number of aromatic nitrogens is 2. The lowest BCUT2D eigenvalue weighted by molar-refractivity contribution is 0.0835. The molecule has 0 atom stereocenters. The monoisotopic (exact) mass is 205 g/mol. The van der Waals surface area contributed by atoms with Crippen molar-refractivity contribution in [2.45, 2.75) is 18.8 Å². The Balaban J connectivity index is 2.26. The maximum absolute atomic E-state index is 11.4. The zero-order chi connectivity index (χ0) is 10.7. The lowest BCUT2D eigenvalue weighted by atomic mass is 9.99. The molecule has 0 amide bonds. The van der Waals surface area contributed by atoms with Gasteiger partial charge in [-0.15, -0.1) is 0 Å². The first kappa shape index (κ1) is 9.87. The fourth-order valence-electron chi connectivity index (χ4n) is 1.67. The number of H-pyrrole nitrogens is 1. The predicted molar refractivity (Wildman–Crippen MR) is 52.4 cm³/mol. The minimum absolute atomic E-state index is 0.0609. The van der Waals surface area contributed by atoms with Crippen LogP contribution in [0.5, 0.6) is 0 Å². The number of ether oxygens (including phenoxy) is 1. The normalized spacial score (nSPS) is 17.3. The highest BCUT2D eigenvalue weighted by molar-refractivity contribution is 5.22. The van der Waals surface area contributed by atoms with Crippen LogP contribution in [0.15, 0.2) is 11.0 Å². The summed E-state index contributed by atoms with van der Waals surface area (Å²) in [5, 5.41) is 8.59. The second-order valence-electron chi connectivity index (χ2n) is 3.51. The van der Waals surface area contributed by atoms with E-state index >= 15 is 0 Å². The zero-order valence-electron chi connectivity index (χ0n) is 8.19. The van der Waals surface area contributed by atoms with E-state index in [1.807, 2.05) is 0 Å². The van der Waals surface area contributed by atoms with Gasteiger partial charge in [0.25, 0.3) is 5.56 Å². The maximum Gasteiger partial charge on any atom is 0.268 e. The number of hydrogen-bond acceptors (Lipinski definition) is 4. The number of nitrogens with one attached hydrogen (secondary N) is 1. The summed E-state index contributed by atoms with van der Waals surface area (Å²) >= 11 is 0. The second kappa shape index (κ2) is 4.24. The van der Waals surface area contributed by atoms with Crippen molar-refractivity contribution in [3.05, 3.63) is 27.9 Å². The van der Waals surface area contributed by atoms with E-state index in [9.17, 15) is 4.79 Å². The van der Waals surface area contributed by atoms with E-state index in [0.717, 1.165) is 12.8 Å². The summed E-state index contributed by atoms with van der Waals surface area (Å²) < 4.78 is 5.22. The first-order valence-corrected chi connectivity index (χ1v) is 4.88. The highest BCUT2D eigenvalue weighted by Crippen LogP contribution is 2.22. The van der Waals surface area contributed by atoms with Crippen molar-refractivity contribution in [3.8, 4) is 6.07 Å². The summed E-state index contributed by atoms with van der Waals surface area (Å²) in [7, 11) is 0. The molecule has 2 heterocycles. The topological polar surface area (TPSA) is 78.8 Å². The van der Waals surface area contributed by atoms with Gasteiger partial charge in [0, 0.05) is 19.1 Å². The van der Waals surface area contributed by atoms with E-state index in [1.165, 1.54) is 6.20 Å². The molecule has 1 saturated heterocycles. The van der Waals surface area contributed by atoms with Gasteiger partial charge in [0.05, 0.1) is 6.20 Å². The molecule has 0 saturated carbocycles. The molecule has 0 radical (unpaired) electrons. The van der Waals surface area contributed by atoms with E-state index in [1.54, 1.807) is 6.07 Å². The molecular weight excluding hydrogens is 194 g/mol. The lowest BCUT2D eigenvalue weighted by Crippen LogP contribution is -2.21. The van der Waals surface area contributed by atoms with Gasteiger partial charge >= 0.3 is 0 Å². The Hall–Kier alpha value is -1.67. The molecular formula is C10H11N3O2. The summed E-state index contributed by atoms with van der Waals surface area (Å²) in [6, 6.07) is 1.79. The molecule has 1 aliphatic rings. The number of nitrogens with zero attached hydrogens (tertiary/aromatic N) is 2. The molecule has 0 bridgehead atoms. The smallest absolute Gasteiger partial charge is 0.268 e. The number of hydrogen-bond donors (Lipinski definition) is 1. The molecule has 0 unspecified atom stereocenters. The third-order valence-corrected chi connectivity index (χ3v) is 2.55. The van der Waals surface area contributed by atoms with E-state index < -0.39 is 0 Å². The fourth-order valence-corrected chi connectivity index (χ4v) is 1.67. The van der Waals surface area contributed by atoms with Gasteiger partial charge in [-0.05, 0) is 12.8 Å². The average molecular weight is 205 g/mol. The number of rotatable bonds is 1. The first-order chi connectivity index (χ1) is 7.31. The third-order valence-electron chi connectivity index (χ3n) is 2.55. The highest BCUT2D eigenvalue weighted by atomic mass is 16.5. The Morgan fingerprint density at radius 1 is 1.53 bits per heavy atom. The molecule has 0 aromatic carbocycles. The standard InChI is InChI=1S/C10H11N3O2/c11-5-8-6-12-9(13-10(8)14)7-1-3-15-4-2-7/h6-7H,1-4H2,(H,12,13,14). The van der Waals surface area contributed by atoms with Gasteiger partial charge in [0.15, 0.2) is 0 Å². The van der Waals surface area contributed by atoms with Crippen molar-refractivity contribution < 1.29 is 4.74 Å². The van der Waals surface area contributed by atoms with Gasteiger partial charge in [0.1, 0.15) is 17.5 Å². The Bertz CT molecular complexity index is 441. The molecule has 5 nitrogen and oxygen atoms in total. The second-order valence-corrected chi connectivity index (χ2v) is 3.51. The molecule has 2 rings (SSSR count). The summed E-state index contributed by atoms with van der Waals surface area (Å²) in [6.45, 7) is 1.41. The quantitative estimate of drug-likeness (QED) is 0.725. The van der Waals surface area contributed by atoms with Gasteiger partial charge in [-0.2, -0.15) is 5.26 Å². The molecule has 1 aliphatic heterocycles. The summed E-state index contributed by atoms with van der Waals surface area (Å²) in [5.74, 6) is 0.918. The van der Waals surface area contributed by atoms with Crippen molar-refractivity contribution in [3.63, 3.8) is 0 Å².